The lowest BCUT2D eigenvalue weighted by Gasteiger charge is -2.20. The molecule has 1 heterocycles. The second-order valence-electron chi connectivity index (χ2n) is 6.37. The van der Waals surface area contributed by atoms with E-state index in [1.165, 1.54) is 4.80 Å². The van der Waals surface area contributed by atoms with E-state index in [4.69, 9.17) is 4.74 Å². The molecule has 0 aliphatic heterocycles. The van der Waals surface area contributed by atoms with Crippen LogP contribution in [0.2, 0.25) is 0 Å². The maximum absolute atomic E-state index is 11.6. The van der Waals surface area contributed by atoms with Gasteiger partial charge in [0.1, 0.15) is 11.9 Å². The van der Waals surface area contributed by atoms with Crippen LogP contribution in [0.15, 0.2) is 0 Å². The van der Waals surface area contributed by atoms with E-state index in [0.29, 0.717) is 6.29 Å². The van der Waals surface area contributed by atoms with Gasteiger partial charge in [0.05, 0.1) is 5.54 Å². The molecule has 0 spiro atoms. The highest BCUT2D eigenvalue weighted by atomic mass is 16.6. The molecule has 112 valence electrons. The van der Waals surface area contributed by atoms with Crippen LogP contribution in [-0.2, 0) is 15.1 Å². The Balaban J connectivity index is 2.79. The van der Waals surface area contributed by atoms with Crippen LogP contribution in [0.25, 0.3) is 0 Å². The van der Waals surface area contributed by atoms with Gasteiger partial charge in [-0.25, -0.2) is 4.79 Å². The number of hydrogen-bond acceptors (Lipinski definition) is 6. The van der Waals surface area contributed by atoms with Crippen LogP contribution in [0, 0.1) is 0 Å². The van der Waals surface area contributed by atoms with E-state index in [-0.39, 0.29) is 11.4 Å². The number of carbonyl (C=O) groups excluding carboxylic acids is 2. The van der Waals surface area contributed by atoms with Crippen LogP contribution in [0.5, 0.6) is 0 Å². The van der Waals surface area contributed by atoms with E-state index in [9.17, 15) is 9.59 Å². The van der Waals surface area contributed by atoms with Gasteiger partial charge in [0.2, 0.25) is 5.82 Å². The fourth-order valence-electron chi connectivity index (χ4n) is 1.23. The topological polar surface area (TPSA) is 99.0 Å². The molecule has 8 nitrogen and oxygen atoms in total. The van der Waals surface area contributed by atoms with Crippen molar-refractivity contribution in [3.8, 4) is 0 Å². The molecular formula is C12H21N5O3. The van der Waals surface area contributed by atoms with Crippen molar-refractivity contribution in [1.29, 1.82) is 0 Å². The van der Waals surface area contributed by atoms with Gasteiger partial charge in [0.15, 0.2) is 6.04 Å². The van der Waals surface area contributed by atoms with E-state index in [2.05, 4.69) is 20.7 Å². The molecule has 1 N–H and O–H groups in total. The summed E-state index contributed by atoms with van der Waals surface area (Å²) in [6.45, 7) is 10.9. The van der Waals surface area contributed by atoms with Gasteiger partial charge in [0.25, 0.3) is 0 Å². The average molecular weight is 283 g/mol. The summed E-state index contributed by atoms with van der Waals surface area (Å²) in [5.41, 5.74) is -1.00. The molecule has 1 amide bonds. The first-order valence-corrected chi connectivity index (χ1v) is 6.28. The van der Waals surface area contributed by atoms with E-state index < -0.39 is 17.7 Å². The Morgan fingerprint density at radius 2 is 1.90 bits per heavy atom. The molecule has 0 fully saturated rings. The number of rotatable bonds is 3. The summed E-state index contributed by atoms with van der Waals surface area (Å²) in [5.74, 6) is 0.126. The van der Waals surface area contributed by atoms with Crippen molar-refractivity contribution in [3.05, 3.63) is 5.82 Å². The number of alkyl carbamates (subject to hydrolysis) is 1. The van der Waals surface area contributed by atoms with Gasteiger partial charge in [-0.3, -0.25) is 0 Å². The fraction of sp³-hybridized carbons (Fsp3) is 0.750. The van der Waals surface area contributed by atoms with Gasteiger partial charge in [-0.05, 0) is 46.8 Å². The molecular weight excluding hydrogens is 262 g/mol. The van der Waals surface area contributed by atoms with Crippen LogP contribution in [0.4, 0.5) is 4.79 Å². The zero-order valence-electron chi connectivity index (χ0n) is 12.7. The largest absolute Gasteiger partial charge is 0.444 e. The molecule has 0 bridgehead atoms. The number of aldehydes is 1. The third kappa shape index (κ3) is 4.60. The standard InChI is InChI=1S/C12H21N5O3/c1-11(2,3)17-15-9(14-16-17)8(7-18)13-10(19)20-12(4,5)6/h7-8H,1-6H3,(H,13,19). The molecule has 1 unspecified atom stereocenters. The van der Waals surface area contributed by atoms with E-state index in [0.717, 1.165) is 0 Å². The second kappa shape index (κ2) is 5.56. The summed E-state index contributed by atoms with van der Waals surface area (Å²) >= 11 is 0. The minimum absolute atomic E-state index is 0.126. The predicted molar refractivity (Wildman–Crippen MR) is 71.0 cm³/mol. The van der Waals surface area contributed by atoms with Crippen LogP contribution >= 0.6 is 0 Å². The number of nitrogens with zero attached hydrogens (tertiary/aromatic N) is 4. The summed E-state index contributed by atoms with van der Waals surface area (Å²) < 4.78 is 5.07. The molecule has 1 atom stereocenters. The monoisotopic (exact) mass is 283 g/mol. The smallest absolute Gasteiger partial charge is 0.408 e. The molecule has 1 aromatic rings. The van der Waals surface area contributed by atoms with Gasteiger partial charge in [-0.2, -0.15) is 4.80 Å². The summed E-state index contributed by atoms with van der Waals surface area (Å²) in [6, 6.07) is -0.985. The highest BCUT2D eigenvalue weighted by Gasteiger charge is 2.25. The number of amides is 1. The third-order valence-corrected chi connectivity index (χ3v) is 2.12. The van der Waals surface area contributed by atoms with Crippen LogP contribution < -0.4 is 5.32 Å². The number of tetrazole rings is 1. The van der Waals surface area contributed by atoms with Crippen molar-refractivity contribution in [1.82, 2.24) is 25.5 Å². The molecule has 8 heteroatoms. The molecule has 0 aliphatic carbocycles. The molecule has 0 aliphatic rings. The summed E-state index contributed by atoms with van der Waals surface area (Å²) in [7, 11) is 0. The molecule has 0 radical (unpaired) electrons. The van der Waals surface area contributed by atoms with Crippen molar-refractivity contribution < 1.29 is 14.3 Å². The van der Waals surface area contributed by atoms with Crippen LogP contribution in [-0.4, -0.2) is 38.2 Å². The van der Waals surface area contributed by atoms with Gasteiger partial charge in [-0.1, -0.05) is 0 Å². The summed E-state index contributed by atoms with van der Waals surface area (Å²) in [4.78, 5) is 24.1. The molecule has 0 saturated carbocycles. The van der Waals surface area contributed by atoms with Crippen LogP contribution in [0.1, 0.15) is 53.4 Å². The highest BCUT2D eigenvalue weighted by molar-refractivity contribution is 5.73. The second-order valence-corrected chi connectivity index (χ2v) is 6.37. The Kier molecular flexibility index (Phi) is 4.46. The normalized spacial score (nSPS) is 13.7. The SMILES string of the molecule is CC(C)(C)OC(=O)NC(C=O)c1nnn(C(C)(C)C)n1. The average Bonchev–Trinajstić information content (AvgIpc) is 2.71. The van der Waals surface area contributed by atoms with Crippen molar-refractivity contribution in [2.24, 2.45) is 0 Å². The zero-order chi connectivity index (χ0) is 15.6. The van der Waals surface area contributed by atoms with Crippen molar-refractivity contribution in [3.63, 3.8) is 0 Å². The lowest BCUT2D eigenvalue weighted by molar-refractivity contribution is -0.109. The van der Waals surface area contributed by atoms with Crippen molar-refractivity contribution in [2.75, 3.05) is 0 Å². The van der Waals surface area contributed by atoms with E-state index in [1.54, 1.807) is 20.8 Å². The lowest BCUT2D eigenvalue weighted by atomic mass is 10.1. The minimum Gasteiger partial charge on any atom is -0.444 e. The first-order chi connectivity index (χ1) is 9.03. The highest BCUT2D eigenvalue weighted by Crippen LogP contribution is 2.12. The summed E-state index contributed by atoms with van der Waals surface area (Å²) in [5, 5.41) is 14.1. The third-order valence-electron chi connectivity index (χ3n) is 2.12. The Morgan fingerprint density at radius 3 is 2.30 bits per heavy atom. The lowest BCUT2D eigenvalue weighted by Crippen LogP contribution is -2.36. The molecule has 0 aromatic carbocycles. The number of aromatic nitrogens is 4. The number of ether oxygens (including phenoxy) is 1. The summed E-state index contributed by atoms with van der Waals surface area (Å²) in [6.07, 6.45) is -0.171. The molecule has 20 heavy (non-hydrogen) atoms. The zero-order valence-corrected chi connectivity index (χ0v) is 12.7. The van der Waals surface area contributed by atoms with Crippen molar-refractivity contribution in [2.45, 2.75) is 58.7 Å². The fourth-order valence-corrected chi connectivity index (χ4v) is 1.23. The Morgan fingerprint density at radius 1 is 1.30 bits per heavy atom. The molecule has 0 saturated heterocycles. The molecule has 1 aromatic heterocycles. The van der Waals surface area contributed by atoms with E-state index >= 15 is 0 Å². The Labute approximate surface area is 117 Å². The van der Waals surface area contributed by atoms with Crippen LogP contribution in [0.3, 0.4) is 0 Å². The van der Waals surface area contributed by atoms with Gasteiger partial charge >= 0.3 is 6.09 Å². The number of carbonyl (C=O) groups is 2. The van der Waals surface area contributed by atoms with Gasteiger partial charge in [-0.15, -0.1) is 10.2 Å². The Bertz CT molecular complexity index is 484. The maximum atomic E-state index is 11.6. The van der Waals surface area contributed by atoms with Gasteiger partial charge < -0.3 is 14.8 Å². The minimum atomic E-state index is -0.985. The quantitative estimate of drug-likeness (QED) is 0.837. The Hall–Kier alpha value is -1.99. The molecule has 1 rings (SSSR count). The van der Waals surface area contributed by atoms with E-state index in [1.807, 2.05) is 20.8 Å². The van der Waals surface area contributed by atoms with Crippen molar-refractivity contribution >= 4 is 12.4 Å². The first-order valence-electron chi connectivity index (χ1n) is 6.28. The van der Waals surface area contributed by atoms with Gasteiger partial charge in [0, 0.05) is 0 Å². The maximum Gasteiger partial charge on any atom is 0.408 e. The number of nitrogens with one attached hydrogen (secondary N) is 1. The predicted octanol–water partition coefficient (Wildman–Crippen LogP) is 1.19. The first kappa shape index (κ1) is 16.1. The number of hydrogen-bond donors (Lipinski definition) is 1.